The molecule has 0 aromatic heterocycles. The van der Waals surface area contributed by atoms with E-state index in [1.54, 1.807) is 0 Å². The number of rotatable bonds is 5. The Balaban J connectivity index is 2.45. The van der Waals surface area contributed by atoms with E-state index in [2.05, 4.69) is 0 Å². The molecule has 0 aliphatic heterocycles. The van der Waals surface area contributed by atoms with Gasteiger partial charge >= 0.3 is 6.18 Å². The van der Waals surface area contributed by atoms with Crippen molar-refractivity contribution in [3.63, 3.8) is 0 Å². The predicted octanol–water partition coefficient (Wildman–Crippen LogP) is 3.83. The van der Waals surface area contributed by atoms with Crippen molar-refractivity contribution in [1.82, 2.24) is 0 Å². The fourth-order valence-electron chi connectivity index (χ4n) is 2.19. The number of halogens is 3. The van der Waals surface area contributed by atoms with E-state index in [1.807, 2.05) is 0 Å². The normalized spacial score (nSPS) is 12.0. The molecule has 2 aromatic carbocycles. The molecule has 0 bridgehead atoms. The van der Waals surface area contributed by atoms with Crippen LogP contribution in [0.25, 0.3) is 0 Å². The molecule has 0 saturated heterocycles. The van der Waals surface area contributed by atoms with Gasteiger partial charge in [0.25, 0.3) is 15.7 Å². The summed E-state index contributed by atoms with van der Waals surface area (Å²) in [6.45, 7) is 1.45. The smallest absolute Gasteiger partial charge is 0.267 e. The molecule has 2 rings (SSSR count). The summed E-state index contributed by atoms with van der Waals surface area (Å²) in [6.07, 6.45) is -4.53. The van der Waals surface area contributed by atoms with E-state index >= 15 is 0 Å². The van der Waals surface area contributed by atoms with Crippen LogP contribution in [-0.2, 0) is 16.2 Å². The van der Waals surface area contributed by atoms with Crippen LogP contribution in [0.15, 0.2) is 53.4 Å². The lowest BCUT2D eigenvalue weighted by atomic mass is 10.2. The van der Waals surface area contributed by atoms with Gasteiger partial charge in [-0.15, -0.1) is 0 Å². The van der Waals surface area contributed by atoms with Crippen molar-refractivity contribution in [2.45, 2.75) is 18.0 Å². The summed E-state index contributed by atoms with van der Waals surface area (Å²) in [7, 11) is -4.16. The van der Waals surface area contributed by atoms with Gasteiger partial charge in [-0.05, 0) is 37.3 Å². The van der Waals surface area contributed by atoms with Gasteiger partial charge in [0.15, 0.2) is 0 Å². The minimum Gasteiger partial charge on any atom is -0.267 e. The van der Waals surface area contributed by atoms with Crippen LogP contribution in [0.5, 0.6) is 0 Å². The van der Waals surface area contributed by atoms with Gasteiger partial charge in [-0.25, -0.2) is 8.42 Å². The fraction of sp³-hybridized carbons (Fsp3) is 0.200. The molecule has 0 spiro atoms. The van der Waals surface area contributed by atoms with E-state index in [0.717, 1.165) is 40.7 Å². The summed E-state index contributed by atoms with van der Waals surface area (Å²) in [5.74, 6) is 0. The second-order valence-corrected chi connectivity index (χ2v) is 6.83. The third-order valence-corrected chi connectivity index (χ3v) is 5.29. The molecule has 25 heavy (non-hydrogen) atoms. The number of nitro groups is 1. The van der Waals surface area contributed by atoms with E-state index < -0.39 is 32.4 Å². The number of hydrogen-bond acceptors (Lipinski definition) is 4. The Labute approximate surface area is 141 Å². The SMILES string of the molecule is CCN(c1ccc(C(F)(F)F)cc1)S(=O)(=O)c1cccc([N+](=O)[O-])c1. The zero-order valence-electron chi connectivity index (χ0n) is 12.9. The molecule has 0 amide bonds. The third kappa shape index (κ3) is 3.90. The molecule has 0 fully saturated rings. The van der Waals surface area contributed by atoms with Crippen LogP contribution in [0.1, 0.15) is 12.5 Å². The second kappa shape index (κ2) is 6.71. The Morgan fingerprint density at radius 3 is 2.20 bits per heavy atom. The highest BCUT2D eigenvalue weighted by Crippen LogP contribution is 2.32. The van der Waals surface area contributed by atoms with E-state index in [-0.39, 0.29) is 17.1 Å². The summed E-state index contributed by atoms with van der Waals surface area (Å²) >= 11 is 0. The molecule has 0 heterocycles. The maximum absolute atomic E-state index is 12.7. The first-order chi connectivity index (χ1) is 11.6. The largest absolute Gasteiger partial charge is 0.416 e. The first-order valence-electron chi connectivity index (χ1n) is 7.02. The summed E-state index contributed by atoms with van der Waals surface area (Å²) in [6, 6.07) is 8.11. The molecule has 2 aromatic rings. The van der Waals surface area contributed by atoms with Gasteiger partial charge in [0.1, 0.15) is 0 Å². The molecule has 6 nitrogen and oxygen atoms in total. The number of nitrogens with zero attached hydrogens (tertiary/aromatic N) is 2. The van der Waals surface area contributed by atoms with E-state index in [4.69, 9.17) is 0 Å². The number of hydrogen-bond donors (Lipinski definition) is 0. The van der Waals surface area contributed by atoms with E-state index in [0.29, 0.717) is 0 Å². The average Bonchev–Trinajstić information content (AvgIpc) is 2.55. The molecule has 10 heteroatoms. The third-order valence-electron chi connectivity index (χ3n) is 3.39. The summed E-state index contributed by atoms with van der Waals surface area (Å²) in [5, 5.41) is 10.8. The van der Waals surface area contributed by atoms with Crippen LogP contribution in [-0.4, -0.2) is 19.9 Å². The monoisotopic (exact) mass is 374 g/mol. The zero-order valence-corrected chi connectivity index (χ0v) is 13.7. The quantitative estimate of drug-likeness (QED) is 0.588. The topological polar surface area (TPSA) is 80.5 Å². The van der Waals surface area contributed by atoms with Crippen molar-refractivity contribution in [3.8, 4) is 0 Å². The van der Waals surface area contributed by atoms with Crippen molar-refractivity contribution >= 4 is 21.4 Å². The second-order valence-electron chi connectivity index (χ2n) is 4.97. The minimum absolute atomic E-state index is 0.0296. The first-order valence-corrected chi connectivity index (χ1v) is 8.46. The molecular weight excluding hydrogens is 361 g/mol. The molecule has 0 aliphatic carbocycles. The number of benzene rings is 2. The Kier molecular flexibility index (Phi) is 5.02. The predicted molar refractivity (Wildman–Crippen MR) is 84.7 cm³/mol. The molecule has 0 radical (unpaired) electrons. The van der Waals surface area contributed by atoms with Crippen molar-refractivity contribution in [1.29, 1.82) is 0 Å². The van der Waals surface area contributed by atoms with Crippen LogP contribution in [0, 0.1) is 10.1 Å². The lowest BCUT2D eigenvalue weighted by Gasteiger charge is -2.23. The van der Waals surface area contributed by atoms with Gasteiger partial charge in [-0.2, -0.15) is 13.2 Å². The molecule has 0 N–H and O–H groups in total. The standard InChI is InChI=1S/C15H13F3N2O4S/c1-2-19(12-8-6-11(7-9-12)15(16,17)18)25(23,24)14-5-3-4-13(10-14)20(21)22/h3-10H,2H2,1H3. The highest BCUT2D eigenvalue weighted by atomic mass is 32.2. The van der Waals surface area contributed by atoms with Crippen molar-refractivity contribution in [3.05, 3.63) is 64.2 Å². The molecule has 0 atom stereocenters. The highest BCUT2D eigenvalue weighted by molar-refractivity contribution is 7.92. The average molecular weight is 374 g/mol. The number of non-ortho nitro benzene ring substituents is 1. The Morgan fingerprint density at radius 1 is 1.12 bits per heavy atom. The number of sulfonamides is 1. The number of nitro benzene ring substituents is 1. The summed E-state index contributed by atoms with van der Waals surface area (Å²) in [5.41, 5.74) is -1.27. The maximum atomic E-state index is 12.7. The Hall–Kier alpha value is -2.62. The summed E-state index contributed by atoms with van der Waals surface area (Å²) in [4.78, 5) is 9.77. The van der Waals surface area contributed by atoms with Crippen LogP contribution < -0.4 is 4.31 Å². The van der Waals surface area contributed by atoms with Crippen molar-refractivity contribution in [2.24, 2.45) is 0 Å². The van der Waals surface area contributed by atoms with Crippen molar-refractivity contribution in [2.75, 3.05) is 10.8 Å². The molecule has 0 unspecified atom stereocenters. The first kappa shape index (κ1) is 18.7. The van der Waals surface area contributed by atoms with Gasteiger partial charge in [0.2, 0.25) is 0 Å². The molecule has 134 valence electrons. The summed E-state index contributed by atoms with van der Waals surface area (Å²) < 4.78 is 64.2. The van der Waals surface area contributed by atoms with Crippen LogP contribution >= 0.6 is 0 Å². The minimum atomic E-state index is -4.53. The lowest BCUT2D eigenvalue weighted by Crippen LogP contribution is -2.30. The number of alkyl halides is 3. The van der Waals surface area contributed by atoms with Gasteiger partial charge in [0, 0.05) is 18.7 Å². The Morgan fingerprint density at radius 2 is 1.72 bits per heavy atom. The lowest BCUT2D eigenvalue weighted by molar-refractivity contribution is -0.385. The Bertz CT molecular complexity index is 880. The maximum Gasteiger partial charge on any atom is 0.416 e. The zero-order chi connectivity index (χ0) is 18.8. The fourth-order valence-corrected chi connectivity index (χ4v) is 3.71. The van der Waals surface area contributed by atoms with E-state index in [9.17, 15) is 31.7 Å². The molecular formula is C15H13F3N2O4S. The van der Waals surface area contributed by atoms with Crippen molar-refractivity contribution < 1.29 is 26.5 Å². The van der Waals surface area contributed by atoms with Gasteiger partial charge in [-0.3, -0.25) is 14.4 Å². The molecule has 0 saturated carbocycles. The van der Waals surface area contributed by atoms with Crippen LogP contribution in [0.4, 0.5) is 24.5 Å². The van der Waals surface area contributed by atoms with Crippen LogP contribution in [0.3, 0.4) is 0 Å². The highest BCUT2D eigenvalue weighted by Gasteiger charge is 2.31. The van der Waals surface area contributed by atoms with Gasteiger partial charge in [-0.1, -0.05) is 6.07 Å². The van der Waals surface area contributed by atoms with Crippen LogP contribution in [0.2, 0.25) is 0 Å². The van der Waals surface area contributed by atoms with Gasteiger partial charge < -0.3 is 0 Å². The molecule has 0 aliphatic rings. The van der Waals surface area contributed by atoms with Gasteiger partial charge in [0.05, 0.1) is 21.1 Å². The van der Waals surface area contributed by atoms with E-state index in [1.165, 1.54) is 19.1 Å². The number of anilines is 1.